The van der Waals surface area contributed by atoms with E-state index in [9.17, 15) is 5.11 Å². The predicted octanol–water partition coefficient (Wildman–Crippen LogP) is 7.76. The van der Waals surface area contributed by atoms with Crippen molar-refractivity contribution in [2.75, 3.05) is 13.1 Å². The molecule has 5 rings (SSSR count). The Morgan fingerprint density at radius 3 is 2.39 bits per heavy atom. The van der Waals surface area contributed by atoms with E-state index < -0.39 is 0 Å². The molecule has 33 heavy (non-hydrogen) atoms. The van der Waals surface area contributed by atoms with E-state index in [2.05, 4.69) is 46.0 Å². The Bertz CT molecular complexity index is 658. The van der Waals surface area contributed by atoms with Crippen LogP contribution >= 0.6 is 0 Å². The molecule has 4 fully saturated rings. The summed E-state index contributed by atoms with van der Waals surface area (Å²) in [4.78, 5) is 0. The SMILES string of the molecule is C1CCNC1.CC(C)CCC[C@@H](C)[C@H]1CC[C@H]2[C@@H]3CC=C4C[C@@H](O)CC[C@]4(C)[C@H]3CC[C@]12C. The molecule has 0 unspecified atom stereocenters. The van der Waals surface area contributed by atoms with Crippen LogP contribution in [-0.2, 0) is 0 Å². The first-order valence-corrected chi connectivity index (χ1v) is 14.8. The molecular formula is C31H55NO. The minimum atomic E-state index is -0.0766. The van der Waals surface area contributed by atoms with Gasteiger partial charge in [-0.05, 0) is 124 Å². The molecule has 5 aliphatic rings. The molecule has 1 saturated heterocycles. The van der Waals surface area contributed by atoms with Crippen LogP contribution in [0.5, 0.6) is 0 Å². The Labute approximate surface area is 205 Å². The van der Waals surface area contributed by atoms with Crippen molar-refractivity contribution in [3.63, 3.8) is 0 Å². The molecule has 8 atom stereocenters. The van der Waals surface area contributed by atoms with Crippen LogP contribution in [0, 0.1) is 46.3 Å². The summed E-state index contributed by atoms with van der Waals surface area (Å²) in [5.41, 5.74) is 2.60. The van der Waals surface area contributed by atoms with E-state index >= 15 is 0 Å². The Hall–Kier alpha value is -0.340. The average Bonchev–Trinajstić information content (AvgIpc) is 3.45. The summed E-state index contributed by atoms with van der Waals surface area (Å²) in [5, 5.41) is 13.4. The van der Waals surface area contributed by atoms with Gasteiger partial charge in [0.2, 0.25) is 0 Å². The number of hydrogen-bond donors (Lipinski definition) is 2. The van der Waals surface area contributed by atoms with E-state index in [1.54, 1.807) is 5.57 Å². The number of aliphatic hydroxyl groups excluding tert-OH is 1. The average molecular weight is 458 g/mol. The zero-order valence-corrected chi connectivity index (χ0v) is 22.7. The molecule has 190 valence electrons. The molecule has 0 aromatic carbocycles. The Morgan fingerprint density at radius 2 is 1.73 bits per heavy atom. The summed E-state index contributed by atoms with van der Waals surface area (Å²) < 4.78 is 0. The molecule has 3 saturated carbocycles. The van der Waals surface area contributed by atoms with E-state index in [0.29, 0.717) is 10.8 Å². The lowest BCUT2D eigenvalue weighted by Gasteiger charge is -2.58. The van der Waals surface area contributed by atoms with Crippen molar-refractivity contribution in [1.29, 1.82) is 0 Å². The van der Waals surface area contributed by atoms with Crippen LogP contribution in [0.25, 0.3) is 0 Å². The van der Waals surface area contributed by atoms with Crippen LogP contribution < -0.4 is 5.32 Å². The molecule has 4 aliphatic carbocycles. The van der Waals surface area contributed by atoms with Gasteiger partial charge in [0.15, 0.2) is 0 Å². The predicted molar refractivity (Wildman–Crippen MR) is 141 cm³/mol. The van der Waals surface area contributed by atoms with Gasteiger partial charge >= 0.3 is 0 Å². The second kappa shape index (κ2) is 10.7. The smallest absolute Gasteiger partial charge is 0.0577 e. The summed E-state index contributed by atoms with van der Waals surface area (Å²) in [7, 11) is 0. The third-order valence-electron chi connectivity index (χ3n) is 11.2. The zero-order chi connectivity index (χ0) is 23.6. The van der Waals surface area contributed by atoms with Gasteiger partial charge in [-0.25, -0.2) is 0 Å². The summed E-state index contributed by atoms with van der Waals surface area (Å²) >= 11 is 0. The van der Waals surface area contributed by atoms with Crippen LogP contribution in [0.4, 0.5) is 0 Å². The number of nitrogens with one attached hydrogen (secondary N) is 1. The number of rotatable bonds is 5. The molecule has 0 bridgehead atoms. The van der Waals surface area contributed by atoms with E-state index in [0.717, 1.165) is 48.3 Å². The molecule has 1 heterocycles. The van der Waals surface area contributed by atoms with Crippen LogP contribution in [-0.4, -0.2) is 24.3 Å². The van der Waals surface area contributed by atoms with Gasteiger partial charge in [-0.15, -0.1) is 0 Å². The van der Waals surface area contributed by atoms with Crippen LogP contribution in [0.1, 0.15) is 118 Å². The maximum absolute atomic E-state index is 10.2. The van der Waals surface area contributed by atoms with Gasteiger partial charge in [0.25, 0.3) is 0 Å². The lowest BCUT2D eigenvalue weighted by Crippen LogP contribution is -2.50. The third-order valence-corrected chi connectivity index (χ3v) is 11.2. The van der Waals surface area contributed by atoms with Crippen molar-refractivity contribution in [3.05, 3.63) is 11.6 Å². The van der Waals surface area contributed by atoms with Gasteiger partial charge in [-0.3, -0.25) is 0 Å². The van der Waals surface area contributed by atoms with E-state index in [1.807, 2.05) is 0 Å². The highest BCUT2D eigenvalue weighted by molar-refractivity contribution is 5.25. The van der Waals surface area contributed by atoms with Crippen molar-refractivity contribution in [3.8, 4) is 0 Å². The molecule has 0 spiro atoms. The van der Waals surface area contributed by atoms with E-state index in [-0.39, 0.29) is 6.10 Å². The number of hydrogen-bond acceptors (Lipinski definition) is 2. The van der Waals surface area contributed by atoms with Gasteiger partial charge < -0.3 is 10.4 Å². The first-order valence-electron chi connectivity index (χ1n) is 14.8. The van der Waals surface area contributed by atoms with Crippen molar-refractivity contribution < 1.29 is 5.11 Å². The van der Waals surface area contributed by atoms with Crippen LogP contribution in [0.3, 0.4) is 0 Å². The Kier molecular flexibility index (Phi) is 8.37. The highest BCUT2D eigenvalue weighted by Gasteiger charge is 2.59. The fourth-order valence-electron chi connectivity index (χ4n) is 9.29. The van der Waals surface area contributed by atoms with Crippen molar-refractivity contribution in [1.82, 2.24) is 5.32 Å². The van der Waals surface area contributed by atoms with E-state index in [1.165, 1.54) is 83.7 Å². The molecule has 2 N–H and O–H groups in total. The fourth-order valence-corrected chi connectivity index (χ4v) is 9.29. The normalized spacial score (nSPS) is 43.1. The largest absolute Gasteiger partial charge is 0.393 e. The lowest BCUT2D eigenvalue weighted by molar-refractivity contribution is -0.0573. The molecule has 0 radical (unpaired) electrons. The summed E-state index contributed by atoms with van der Waals surface area (Å²) in [6.07, 6.45) is 19.9. The van der Waals surface area contributed by atoms with Crippen LogP contribution in [0.2, 0.25) is 0 Å². The van der Waals surface area contributed by atoms with Gasteiger partial charge in [0.05, 0.1) is 6.10 Å². The molecule has 0 amide bonds. The number of allylic oxidation sites excluding steroid dienone is 1. The van der Waals surface area contributed by atoms with Gasteiger partial charge in [0, 0.05) is 0 Å². The molecule has 1 aliphatic heterocycles. The summed E-state index contributed by atoms with van der Waals surface area (Å²) in [6.45, 7) is 15.1. The Balaban J connectivity index is 0.000000459. The minimum absolute atomic E-state index is 0.0766. The van der Waals surface area contributed by atoms with Gasteiger partial charge in [0.1, 0.15) is 0 Å². The lowest BCUT2D eigenvalue weighted by atomic mass is 9.47. The van der Waals surface area contributed by atoms with Crippen LogP contribution in [0.15, 0.2) is 11.6 Å². The summed E-state index contributed by atoms with van der Waals surface area (Å²) in [6, 6.07) is 0. The molecular weight excluding hydrogens is 402 g/mol. The molecule has 0 aromatic heterocycles. The maximum Gasteiger partial charge on any atom is 0.0577 e. The second-order valence-corrected chi connectivity index (χ2v) is 13.6. The zero-order valence-electron chi connectivity index (χ0n) is 22.7. The van der Waals surface area contributed by atoms with Gasteiger partial charge in [-0.1, -0.05) is 65.5 Å². The Morgan fingerprint density at radius 1 is 0.970 bits per heavy atom. The highest BCUT2D eigenvalue weighted by Crippen LogP contribution is 2.67. The van der Waals surface area contributed by atoms with Crippen molar-refractivity contribution >= 4 is 0 Å². The standard InChI is InChI=1S/C27H46O.C4H9N/c1-18(2)7-6-8-19(3)23-11-12-24-22-10-9-20-17-21(28)13-15-26(20,4)25(22)14-16-27(23,24)5;1-2-4-5-3-1/h9,18-19,21-25,28H,6-8,10-17H2,1-5H3;5H,1-4H2/t19-,21+,22+,23-,24+,25+,26+,27-;/m1./s1. The first kappa shape index (κ1) is 25.7. The topological polar surface area (TPSA) is 32.3 Å². The van der Waals surface area contributed by atoms with Gasteiger partial charge in [-0.2, -0.15) is 0 Å². The number of fused-ring (bicyclic) bond motifs is 5. The molecule has 2 nitrogen and oxygen atoms in total. The molecule has 0 aromatic rings. The quantitative estimate of drug-likeness (QED) is 0.413. The van der Waals surface area contributed by atoms with E-state index in [4.69, 9.17) is 0 Å². The summed E-state index contributed by atoms with van der Waals surface area (Å²) in [5.74, 6) is 5.46. The second-order valence-electron chi connectivity index (χ2n) is 13.6. The first-order chi connectivity index (χ1) is 15.8. The van der Waals surface area contributed by atoms with Crippen molar-refractivity contribution in [2.24, 2.45) is 46.3 Å². The third kappa shape index (κ3) is 5.28. The number of aliphatic hydroxyl groups is 1. The molecule has 2 heteroatoms. The van der Waals surface area contributed by atoms with Crippen molar-refractivity contribution in [2.45, 2.75) is 124 Å². The monoisotopic (exact) mass is 457 g/mol. The fraction of sp³-hybridized carbons (Fsp3) is 0.935. The minimum Gasteiger partial charge on any atom is -0.393 e. The highest BCUT2D eigenvalue weighted by atomic mass is 16.3. The maximum atomic E-state index is 10.2.